The highest BCUT2D eigenvalue weighted by Gasteiger charge is 2.12. The van der Waals surface area contributed by atoms with Crippen LogP contribution in [0, 0.1) is 0 Å². The van der Waals surface area contributed by atoms with E-state index in [1.165, 1.54) is 22.7 Å². The Morgan fingerprint density at radius 1 is 0.590 bits per heavy atom. The second-order valence-corrected chi connectivity index (χ2v) is 10.4. The highest BCUT2D eigenvalue weighted by atomic mass is 32.1. The normalized spacial score (nSPS) is 11.3. The van der Waals surface area contributed by atoms with Crippen LogP contribution in [0.5, 0.6) is 21.9 Å². The monoisotopic (exact) mass is 552 g/mol. The summed E-state index contributed by atoms with van der Waals surface area (Å²) in [6.45, 7) is 0. The van der Waals surface area contributed by atoms with Crippen molar-refractivity contribution in [2.45, 2.75) is 0 Å². The Kier molecular flexibility index (Phi) is 5.71. The molecule has 0 radical (unpaired) electrons. The van der Waals surface area contributed by atoms with Crippen LogP contribution in [0.2, 0.25) is 0 Å². The van der Waals surface area contributed by atoms with Crippen molar-refractivity contribution in [3.63, 3.8) is 0 Å². The van der Waals surface area contributed by atoms with E-state index < -0.39 is 0 Å². The quantitative estimate of drug-likeness (QED) is 0.217. The van der Waals surface area contributed by atoms with Gasteiger partial charge in [-0.05, 0) is 76.3 Å². The number of hydrogen-bond donors (Lipinski definition) is 0. The summed E-state index contributed by atoms with van der Waals surface area (Å²) in [5.41, 5.74) is 5.82. The zero-order chi connectivity index (χ0) is 26.3. The van der Waals surface area contributed by atoms with Crippen molar-refractivity contribution in [2.75, 3.05) is 14.2 Å². The van der Waals surface area contributed by atoms with Crippen LogP contribution in [0.3, 0.4) is 0 Å². The molecular formula is C28H20N6O3S2. The lowest BCUT2D eigenvalue weighted by Crippen LogP contribution is -1.87. The fourth-order valence-corrected chi connectivity index (χ4v) is 5.63. The summed E-state index contributed by atoms with van der Waals surface area (Å²) in [5.74, 6) is 1.50. The number of nitrogens with zero attached hydrogens (tertiary/aromatic N) is 6. The van der Waals surface area contributed by atoms with E-state index in [1.54, 1.807) is 23.3 Å². The molecule has 11 heteroatoms. The molecule has 0 fully saturated rings. The van der Waals surface area contributed by atoms with Crippen molar-refractivity contribution in [3.8, 4) is 55.5 Å². The fraction of sp³-hybridized carbons (Fsp3) is 0.0714. The predicted molar refractivity (Wildman–Crippen MR) is 151 cm³/mol. The van der Waals surface area contributed by atoms with Gasteiger partial charge in [-0.3, -0.25) is 0 Å². The van der Waals surface area contributed by atoms with E-state index in [9.17, 15) is 0 Å². The average molecular weight is 553 g/mol. The molecule has 0 N–H and O–H groups in total. The van der Waals surface area contributed by atoms with Gasteiger partial charge < -0.3 is 14.2 Å². The Hall–Kier alpha value is -4.74. The molecule has 7 aromatic rings. The maximum atomic E-state index is 6.18. The number of imidazole rings is 2. The summed E-state index contributed by atoms with van der Waals surface area (Å²) in [7, 11) is 3.21. The van der Waals surface area contributed by atoms with Crippen LogP contribution in [-0.4, -0.2) is 43.4 Å². The highest BCUT2D eigenvalue weighted by Crippen LogP contribution is 2.32. The van der Waals surface area contributed by atoms with Gasteiger partial charge in [0.1, 0.15) is 11.5 Å². The lowest BCUT2D eigenvalue weighted by atomic mass is 10.0. The van der Waals surface area contributed by atoms with Crippen LogP contribution >= 0.6 is 22.7 Å². The molecule has 192 valence electrons. The predicted octanol–water partition coefficient (Wildman–Crippen LogP) is 6.71. The van der Waals surface area contributed by atoms with Crippen molar-refractivity contribution in [3.05, 3.63) is 85.2 Å². The van der Waals surface area contributed by atoms with Gasteiger partial charge in [0, 0.05) is 11.1 Å². The number of fused-ring (bicyclic) bond motifs is 2. The first-order valence-corrected chi connectivity index (χ1v) is 13.6. The third-order valence-electron chi connectivity index (χ3n) is 6.11. The summed E-state index contributed by atoms with van der Waals surface area (Å²) in [6, 6.07) is 24.2. The van der Waals surface area contributed by atoms with E-state index in [0.29, 0.717) is 10.4 Å². The van der Waals surface area contributed by atoms with E-state index in [0.717, 1.165) is 55.1 Å². The second kappa shape index (κ2) is 9.53. The van der Waals surface area contributed by atoms with Gasteiger partial charge in [0.2, 0.25) is 9.92 Å². The lowest BCUT2D eigenvalue weighted by Gasteiger charge is -2.09. The molecule has 0 bridgehead atoms. The summed E-state index contributed by atoms with van der Waals surface area (Å²) >= 11 is 2.81. The summed E-state index contributed by atoms with van der Waals surface area (Å²) < 4.78 is 20.0. The molecule has 0 aliphatic heterocycles. The first-order valence-electron chi connectivity index (χ1n) is 11.9. The second-order valence-electron chi connectivity index (χ2n) is 8.59. The van der Waals surface area contributed by atoms with Crippen LogP contribution in [0.4, 0.5) is 0 Å². The molecule has 3 aromatic carbocycles. The first-order chi connectivity index (χ1) is 19.1. The summed E-state index contributed by atoms with van der Waals surface area (Å²) in [4.78, 5) is 10.9. The molecule has 0 amide bonds. The molecule has 0 unspecified atom stereocenters. The molecule has 7 rings (SSSR count). The topological polar surface area (TPSA) is 88.1 Å². The number of benzene rings is 3. The van der Waals surface area contributed by atoms with E-state index >= 15 is 0 Å². The standard InChI is InChI=1S/C28H20N6O3S2/c1-35-27-31-33-15-23(29-25(33)38-27)17-9-11-21(12-10-17)37-22-8-4-6-19(14-22)18-5-3-7-20(13-18)24-16-34-26(30-24)39-28(32-34)36-2/h3-16H,1-2H3. The summed E-state index contributed by atoms with van der Waals surface area (Å²) in [6.07, 6.45) is 3.80. The van der Waals surface area contributed by atoms with Gasteiger partial charge in [-0.2, -0.15) is 0 Å². The van der Waals surface area contributed by atoms with Gasteiger partial charge in [0.05, 0.1) is 38.0 Å². The van der Waals surface area contributed by atoms with Gasteiger partial charge in [-0.15, -0.1) is 10.2 Å². The van der Waals surface area contributed by atoms with Gasteiger partial charge >= 0.3 is 0 Å². The zero-order valence-corrected chi connectivity index (χ0v) is 22.4. The van der Waals surface area contributed by atoms with Crippen molar-refractivity contribution in [1.82, 2.24) is 29.2 Å². The smallest absolute Gasteiger partial charge is 0.294 e. The molecular weight excluding hydrogens is 532 g/mol. The maximum absolute atomic E-state index is 6.18. The van der Waals surface area contributed by atoms with Gasteiger partial charge in [0.15, 0.2) is 0 Å². The molecule has 39 heavy (non-hydrogen) atoms. The molecule has 0 saturated heterocycles. The van der Waals surface area contributed by atoms with E-state index in [-0.39, 0.29) is 0 Å². The first kappa shape index (κ1) is 23.4. The fourth-order valence-electron chi connectivity index (χ4n) is 4.23. The van der Waals surface area contributed by atoms with Crippen LogP contribution in [-0.2, 0) is 0 Å². The van der Waals surface area contributed by atoms with Gasteiger partial charge in [0.25, 0.3) is 10.4 Å². The van der Waals surface area contributed by atoms with E-state index in [4.69, 9.17) is 19.2 Å². The van der Waals surface area contributed by atoms with E-state index in [2.05, 4.69) is 33.4 Å². The van der Waals surface area contributed by atoms with Gasteiger partial charge in [-0.1, -0.05) is 30.3 Å². The number of rotatable bonds is 7. The van der Waals surface area contributed by atoms with Crippen molar-refractivity contribution >= 4 is 32.6 Å². The zero-order valence-electron chi connectivity index (χ0n) is 20.8. The number of methoxy groups -OCH3 is 2. The van der Waals surface area contributed by atoms with Crippen molar-refractivity contribution < 1.29 is 14.2 Å². The highest BCUT2D eigenvalue weighted by molar-refractivity contribution is 7.18. The average Bonchev–Trinajstić information content (AvgIpc) is 3.73. The van der Waals surface area contributed by atoms with Crippen LogP contribution in [0.1, 0.15) is 0 Å². The summed E-state index contributed by atoms with van der Waals surface area (Å²) in [5, 5.41) is 9.87. The molecule has 0 spiro atoms. The SMILES string of the molecule is COc1nn2cc(-c3ccc(Oc4cccc(-c5cccc(-c6cn7nc(OC)sc7n6)c5)c4)cc3)nc2s1. The minimum absolute atomic E-state index is 0.585. The van der Waals surface area contributed by atoms with Crippen LogP contribution < -0.4 is 14.2 Å². The van der Waals surface area contributed by atoms with Crippen LogP contribution in [0.15, 0.2) is 85.2 Å². The number of aromatic nitrogens is 6. The Labute approximate surface area is 230 Å². The van der Waals surface area contributed by atoms with Crippen LogP contribution in [0.25, 0.3) is 43.6 Å². The molecule has 0 aliphatic rings. The Morgan fingerprint density at radius 2 is 1.15 bits per heavy atom. The molecule has 0 atom stereocenters. The molecule has 0 aliphatic carbocycles. The molecule has 9 nitrogen and oxygen atoms in total. The number of hydrogen-bond acceptors (Lipinski definition) is 9. The molecule has 4 heterocycles. The van der Waals surface area contributed by atoms with Gasteiger partial charge in [-0.25, -0.2) is 19.0 Å². The minimum atomic E-state index is 0.585. The maximum Gasteiger partial charge on any atom is 0.294 e. The molecule has 0 saturated carbocycles. The third kappa shape index (κ3) is 4.47. The molecule has 4 aromatic heterocycles. The Balaban J connectivity index is 1.10. The number of ether oxygens (including phenoxy) is 3. The van der Waals surface area contributed by atoms with Crippen molar-refractivity contribution in [1.29, 1.82) is 0 Å². The minimum Gasteiger partial charge on any atom is -0.472 e. The Morgan fingerprint density at radius 3 is 1.77 bits per heavy atom. The van der Waals surface area contributed by atoms with E-state index in [1.807, 2.05) is 67.0 Å². The van der Waals surface area contributed by atoms with Crippen molar-refractivity contribution in [2.24, 2.45) is 0 Å². The largest absolute Gasteiger partial charge is 0.472 e. The Bertz CT molecular complexity index is 1870. The third-order valence-corrected chi connectivity index (χ3v) is 7.88. The lowest BCUT2D eigenvalue weighted by molar-refractivity contribution is 0.405.